The lowest BCUT2D eigenvalue weighted by Gasteiger charge is -2.27. The Morgan fingerprint density at radius 3 is 2.52 bits per heavy atom. The largest absolute Gasteiger partial charge is 0.340 e. The summed E-state index contributed by atoms with van der Waals surface area (Å²) in [6, 6.07) is 16.8. The number of carbonyl (C=O) groups is 2. The van der Waals surface area contributed by atoms with E-state index in [9.17, 15) is 9.59 Å². The molecule has 0 bridgehead atoms. The van der Waals surface area contributed by atoms with Crippen molar-refractivity contribution in [2.75, 3.05) is 38.2 Å². The fourth-order valence-corrected chi connectivity index (χ4v) is 4.48. The van der Waals surface area contributed by atoms with Crippen LogP contribution in [0, 0.1) is 0 Å². The van der Waals surface area contributed by atoms with Gasteiger partial charge in [-0.2, -0.15) is 11.8 Å². The second kappa shape index (κ2) is 12.1. The van der Waals surface area contributed by atoms with Gasteiger partial charge in [-0.1, -0.05) is 54.1 Å². The molecule has 0 aromatic heterocycles. The molecule has 2 amide bonds. The first-order chi connectivity index (χ1) is 15.1. The zero-order valence-electron chi connectivity index (χ0n) is 17.9. The van der Waals surface area contributed by atoms with Crippen LogP contribution >= 0.6 is 23.4 Å². The normalized spacial score (nSPS) is 15.9. The van der Waals surface area contributed by atoms with E-state index in [0.29, 0.717) is 30.1 Å². The van der Waals surface area contributed by atoms with Crippen LogP contribution in [0.1, 0.15) is 28.8 Å². The Morgan fingerprint density at radius 2 is 1.77 bits per heavy atom. The molecule has 0 radical (unpaired) electrons. The molecule has 1 N–H and O–H groups in total. The number of amides is 2. The molecule has 1 unspecified atom stereocenters. The molecule has 7 heteroatoms. The van der Waals surface area contributed by atoms with Crippen molar-refractivity contribution in [2.45, 2.75) is 25.4 Å². The Bertz CT molecular complexity index is 865. The van der Waals surface area contributed by atoms with Crippen molar-refractivity contribution in [3.8, 4) is 0 Å². The maximum Gasteiger partial charge on any atom is 0.253 e. The summed E-state index contributed by atoms with van der Waals surface area (Å²) in [7, 11) is 0. The fraction of sp³-hybridized carbons (Fsp3) is 0.417. The second-order valence-electron chi connectivity index (χ2n) is 7.73. The average molecular weight is 460 g/mol. The molecule has 31 heavy (non-hydrogen) atoms. The lowest BCUT2D eigenvalue weighted by molar-refractivity contribution is -0.133. The van der Waals surface area contributed by atoms with E-state index in [-0.39, 0.29) is 11.8 Å². The monoisotopic (exact) mass is 459 g/mol. The summed E-state index contributed by atoms with van der Waals surface area (Å²) in [5, 5.41) is 3.33. The van der Waals surface area contributed by atoms with Crippen molar-refractivity contribution < 1.29 is 9.59 Å². The van der Waals surface area contributed by atoms with Gasteiger partial charge < -0.3 is 10.2 Å². The highest BCUT2D eigenvalue weighted by atomic mass is 35.5. The van der Waals surface area contributed by atoms with Gasteiger partial charge in [0, 0.05) is 32.7 Å². The molecule has 1 aliphatic heterocycles. The van der Waals surface area contributed by atoms with Gasteiger partial charge in [0.1, 0.15) is 6.04 Å². The molecule has 1 saturated heterocycles. The molecule has 1 heterocycles. The van der Waals surface area contributed by atoms with E-state index in [1.54, 1.807) is 36.0 Å². The molecule has 166 valence electrons. The highest BCUT2D eigenvalue weighted by Crippen LogP contribution is 2.16. The van der Waals surface area contributed by atoms with Crippen molar-refractivity contribution in [3.05, 3.63) is 70.7 Å². The summed E-state index contributed by atoms with van der Waals surface area (Å²) >= 11 is 7.84. The molecule has 1 fully saturated rings. The number of thioether (sulfide) groups is 1. The number of benzene rings is 2. The van der Waals surface area contributed by atoms with E-state index in [1.165, 1.54) is 5.56 Å². The molecular formula is C24H30ClN3O2S. The van der Waals surface area contributed by atoms with Crippen LogP contribution < -0.4 is 5.32 Å². The van der Waals surface area contributed by atoms with Gasteiger partial charge in [-0.3, -0.25) is 14.5 Å². The van der Waals surface area contributed by atoms with Crippen LogP contribution in [0.3, 0.4) is 0 Å². The van der Waals surface area contributed by atoms with Gasteiger partial charge in [0.15, 0.2) is 0 Å². The van der Waals surface area contributed by atoms with E-state index in [2.05, 4.69) is 34.5 Å². The molecule has 0 aliphatic carbocycles. The minimum Gasteiger partial charge on any atom is -0.340 e. The zero-order valence-corrected chi connectivity index (χ0v) is 19.5. The third-order valence-electron chi connectivity index (χ3n) is 5.48. The standard InChI is InChI=1S/C24H30ClN3O2S/c1-31-17-12-22(26-23(29)20-10-5-6-11-21(20)25)24(30)28-14-7-13-27(15-16-28)18-19-8-3-2-4-9-19/h2-6,8-11,22H,7,12-18H2,1H3,(H,26,29). The average Bonchev–Trinajstić information content (AvgIpc) is 3.02. The quantitative estimate of drug-likeness (QED) is 0.650. The molecule has 1 aliphatic rings. The predicted molar refractivity (Wildman–Crippen MR) is 129 cm³/mol. The van der Waals surface area contributed by atoms with Gasteiger partial charge in [-0.05, 0) is 42.5 Å². The van der Waals surface area contributed by atoms with Crippen LogP contribution in [-0.2, 0) is 11.3 Å². The number of carbonyl (C=O) groups excluding carboxylic acids is 2. The molecule has 1 atom stereocenters. The minimum atomic E-state index is -0.545. The smallest absolute Gasteiger partial charge is 0.253 e. The first kappa shape index (κ1) is 23.6. The number of rotatable bonds is 8. The SMILES string of the molecule is CSCCC(NC(=O)c1ccccc1Cl)C(=O)N1CCCN(Cc2ccccc2)CC1. The van der Waals surface area contributed by atoms with Crippen LogP contribution in [0.4, 0.5) is 0 Å². The highest BCUT2D eigenvalue weighted by molar-refractivity contribution is 7.98. The van der Waals surface area contributed by atoms with E-state index in [4.69, 9.17) is 11.6 Å². The maximum atomic E-state index is 13.3. The molecule has 0 saturated carbocycles. The van der Waals surface area contributed by atoms with Gasteiger partial charge in [0.2, 0.25) is 5.91 Å². The van der Waals surface area contributed by atoms with Crippen molar-refractivity contribution in [3.63, 3.8) is 0 Å². The van der Waals surface area contributed by atoms with Crippen LogP contribution in [0.15, 0.2) is 54.6 Å². The van der Waals surface area contributed by atoms with Crippen LogP contribution in [0.25, 0.3) is 0 Å². The zero-order chi connectivity index (χ0) is 22.1. The maximum absolute atomic E-state index is 13.3. The summed E-state index contributed by atoms with van der Waals surface area (Å²) in [5.41, 5.74) is 1.68. The van der Waals surface area contributed by atoms with Crippen LogP contribution in [-0.4, -0.2) is 65.8 Å². The van der Waals surface area contributed by atoms with Crippen LogP contribution in [0.5, 0.6) is 0 Å². The minimum absolute atomic E-state index is 0.00369. The third kappa shape index (κ3) is 6.99. The van der Waals surface area contributed by atoms with Gasteiger partial charge in [0.25, 0.3) is 5.91 Å². The van der Waals surface area contributed by atoms with Crippen molar-refractivity contribution >= 4 is 35.2 Å². The molecule has 0 spiro atoms. The summed E-state index contributed by atoms with van der Waals surface area (Å²) < 4.78 is 0. The number of hydrogen-bond donors (Lipinski definition) is 1. The first-order valence-corrected chi connectivity index (χ1v) is 12.4. The predicted octanol–water partition coefficient (Wildman–Crippen LogP) is 3.93. The second-order valence-corrected chi connectivity index (χ2v) is 9.12. The van der Waals surface area contributed by atoms with Crippen molar-refractivity contribution in [1.29, 1.82) is 0 Å². The van der Waals surface area contributed by atoms with Gasteiger partial charge >= 0.3 is 0 Å². The Balaban J connectivity index is 1.62. The Kier molecular flexibility index (Phi) is 9.25. The van der Waals surface area contributed by atoms with Gasteiger partial charge in [-0.25, -0.2) is 0 Å². The third-order valence-corrected chi connectivity index (χ3v) is 6.46. The lowest BCUT2D eigenvalue weighted by Crippen LogP contribution is -2.49. The summed E-state index contributed by atoms with van der Waals surface area (Å²) in [6.07, 6.45) is 3.53. The summed E-state index contributed by atoms with van der Waals surface area (Å²) in [5.74, 6) is 0.495. The molecule has 2 aromatic rings. The Morgan fingerprint density at radius 1 is 1.03 bits per heavy atom. The number of halogens is 1. The van der Waals surface area contributed by atoms with Gasteiger partial charge in [-0.15, -0.1) is 0 Å². The summed E-state index contributed by atoms with van der Waals surface area (Å²) in [4.78, 5) is 30.4. The number of nitrogens with one attached hydrogen (secondary N) is 1. The molecular weight excluding hydrogens is 430 g/mol. The fourth-order valence-electron chi connectivity index (χ4n) is 3.79. The Hall–Kier alpha value is -2.02. The molecule has 3 rings (SSSR count). The van der Waals surface area contributed by atoms with E-state index in [0.717, 1.165) is 31.8 Å². The van der Waals surface area contributed by atoms with Crippen molar-refractivity contribution in [1.82, 2.24) is 15.1 Å². The number of nitrogens with zero attached hydrogens (tertiary/aromatic N) is 2. The molecule has 5 nitrogen and oxygen atoms in total. The topological polar surface area (TPSA) is 52.7 Å². The van der Waals surface area contributed by atoms with E-state index >= 15 is 0 Å². The Labute approximate surface area is 194 Å². The van der Waals surface area contributed by atoms with E-state index < -0.39 is 6.04 Å². The molecule has 2 aromatic carbocycles. The van der Waals surface area contributed by atoms with Crippen LogP contribution in [0.2, 0.25) is 5.02 Å². The number of hydrogen-bond acceptors (Lipinski definition) is 4. The van der Waals surface area contributed by atoms with Gasteiger partial charge in [0.05, 0.1) is 10.6 Å². The summed E-state index contributed by atoms with van der Waals surface area (Å²) in [6.45, 7) is 4.06. The van der Waals surface area contributed by atoms with Crippen molar-refractivity contribution in [2.24, 2.45) is 0 Å². The first-order valence-electron chi connectivity index (χ1n) is 10.7. The lowest BCUT2D eigenvalue weighted by atomic mass is 10.1. The van der Waals surface area contributed by atoms with E-state index in [1.807, 2.05) is 17.2 Å². The highest BCUT2D eigenvalue weighted by Gasteiger charge is 2.28.